The summed E-state index contributed by atoms with van der Waals surface area (Å²) < 4.78 is 5.38. The molecule has 4 nitrogen and oxygen atoms in total. The smallest absolute Gasteiger partial charge is 0.339 e. The number of carbonyl (C=O) groups is 2. The van der Waals surface area contributed by atoms with Crippen LogP contribution in [0.1, 0.15) is 59.3 Å². The van der Waals surface area contributed by atoms with Crippen LogP contribution in [-0.2, 0) is 9.53 Å². The first-order valence-corrected chi connectivity index (χ1v) is 8.89. The summed E-state index contributed by atoms with van der Waals surface area (Å²) in [6.07, 6.45) is -0.886. The fourth-order valence-electron chi connectivity index (χ4n) is 2.89. The van der Waals surface area contributed by atoms with Gasteiger partial charge in [-0.15, -0.1) is 0 Å². The van der Waals surface area contributed by atoms with Crippen molar-refractivity contribution in [2.45, 2.75) is 53.6 Å². The van der Waals surface area contributed by atoms with Crippen LogP contribution in [0.3, 0.4) is 0 Å². The summed E-state index contributed by atoms with van der Waals surface area (Å²) in [7, 11) is 0. The predicted molar refractivity (Wildman–Crippen MR) is 105 cm³/mol. The molecule has 1 amide bonds. The Hall–Kier alpha value is -2.62. The quantitative estimate of drug-likeness (QED) is 0.776. The van der Waals surface area contributed by atoms with E-state index in [-0.39, 0.29) is 11.8 Å². The Kier molecular flexibility index (Phi) is 6.19. The van der Waals surface area contributed by atoms with Gasteiger partial charge in [0, 0.05) is 5.69 Å². The van der Waals surface area contributed by atoms with Crippen molar-refractivity contribution >= 4 is 17.6 Å². The first-order valence-electron chi connectivity index (χ1n) is 8.89. The van der Waals surface area contributed by atoms with Gasteiger partial charge in [0.1, 0.15) is 0 Å². The average Bonchev–Trinajstić information content (AvgIpc) is 2.56. The van der Waals surface area contributed by atoms with Gasteiger partial charge in [-0.2, -0.15) is 0 Å². The van der Waals surface area contributed by atoms with Gasteiger partial charge in [-0.25, -0.2) is 4.79 Å². The number of carbonyl (C=O) groups excluding carboxylic acids is 2. The Morgan fingerprint density at radius 1 is 0.962 bits per heavy atom. The van der Waals surface area contributed by atoms with Crippen LogP contribution in [0.25, 0.3) is 0 Å². The van der Waals surface area contributed by atoms with Crippen LogP contribution in [0.5, 0.6) is 0 Å². The second kappa shape index (κ2) is 8.17. The minimum atomic E-state index is -0.886. The number of hydrogen-bond donors (Lipinski definition) is 1. The van der Waals surface area contributed by atoms with Gasteiger partial charge in [-0.05, 0) is 56.4 Å². The van der Waals surface area contributed by atoms with Crippen LogP contribution in [0, 0.1) is 20.8 Å². The third-order valence-corrected chi connectivity index (χ3v) is 4.43. The maximum Gasteiger partial charge on any atom is 0.339 e. The molecule has 26 heavy (non-hydrogen) atoms. The van der Waals surface area contributed by atoms with E-state index >= 15 is 0 Å². The monoisotopic (exact) mass is 353 g/mol. The number of esters is 1. The van der Waals surface area contributed by atoms with Crippen LogP contribution in [0.4, 0.5) is 5.69 Å². The minimum absolute atomic E-state index is 0.276. The third-order valence-electron chi connectivity index (χ3n) is 4.43. The largest absolute Gasteiger partial charge is 0.449 e. The Balaban J connectivity index is 2.12. The average molecular weight is 353 g/mol. The van der Waals surface area contributed by atoms with E-state index in [1.807, 2.05) is 51.1 Å². The molecule has 0 aromatic heterocycles. The number of ether oxygens (including phenoxy) is 1. The number of amides is 1. The molecule has 0 unspecified atom stereocenters. The number of para-hydroxylation sites is 1. The molecule has 0 spiro atoms. The highest BCUT2D eigenvalue weighted by Crippen LogP contribution is 2.27. The lowest BCUT2D eigenvalue weighted by Crippen LogP contribution is -2.30. The van der Waals surface area contributed by atoms with Gasteiger partial charge in [0.15, 0.2) is 6.10 Å². The van der Waals surface area contributed by atoms with E-state index in [4.69, 9.17) is 4.74 Å². The Morgan fingerprint density at radius 2 is 1.65 bits per heavy atom. The van der Waals surface area contributed by atoms with E-state index < -0.39 is 12.1 Å². The highest BCUT2D eigenvalue weighted by molar-refractivity contribution is 5.98. The highest BCUT2D eigenvalue weighted by atomic mass is 16.5. The van der Waals surface area contributed by atoms with Gasteiger partial charge in [-0.3, -0.25) is 4.79 Å². The molecule has 1 N–H and O–H groups in total. The second-order valence-electron chi connectivity index (χ2n) is 7.05. The number of anilines is 1. The summed E-state index contributed by atoms with van der Waals surface area (Å²) in [5, 5.41) is 2.92. The van der Waals surface area contributed by atoms with Crippen molar-refractivity contribution in [3.8, 4) is 0 Å². The topological polar surface area (TPSA) is 55.4 Å². The number of rotatable bonds is 5. The molecule has 0 fully saturated rings. The van der Waals surface area contributed by atoms with Crippen molar-refractivity contribution < 1.29 is 14.3 Å². The van der Waals surface area contributed by atoms with E-state index in [9.17, 15) is 9.59 Å². The fraction of sp³-hybridized carbons (Fsp3) is 0.364. The van der Waals surface area contributed by atoms with Crippen LogP contribution >= 0.6 is 0 Å². The highest BCUT2D eigenvalue weighted by Gasteiger charge is 2.22. The maximum absolute atomic E-state index is 12.6. The molecular weight excluding hydrogens is 326 g/mol. The van der Waals surface area contributed by atoms with E-state index in [0.29, 0.717) is 5.56 Å². The number of aryl methyl sites for hydroxylation is 3. The molecule has 138 valence electrons. The molecule has 0 aliphatic carbocycles. The molecule has 0 heterocycles. The molecule has 0 aliphatic heterocycles. The molecule has 4 heteroatoms. The first kappa shape index (κ1) is 19.7. The lowest BCUT2D eigenvalue weighted by molar-refractivity contribution is -0.123. The number of nitrogens with one attached hydrogen (secondary N) is 1. The Morgan fingerprint density at radius 3 is 2.27 bits per heavy atom. The van der Waals surface area contributed by atoms with Crippen molar-refractivity contribution in [2.24, 2.45) is 0 Å². The van der Waals surface area contributed by atoms with E-state index in [2.05, 4.69) is 19.2 Å². The molecule has 2 rings (SSSR count). The molecule has 0 saturated heterocycles. The van der Waals surface area contributed by atoms with Crippen molar-refractivity contribution in [3.05, 3.63) is 64.2 Å². The minimum Gasteiger partial charge on any atom is -0.449 e. The lowest BCUT2D eigenvalue weighted by atomic mass is 9.98. The summed E-state index contributed by atoms with van der Waals surface area (Å²) >= 11 is 0. The molecule has 0 aliphatic rings. The van der Waals surface area contributed by atoms with Crippen LogP contribution in [-0.4, -0.2) is 18.0 Å². The number of hydrogen-bond acceptors (Lipinski definition) is 3. The lowest BCUT2D eigenvalue weighted by Gasteiger charge is -2.19. The zero-order valence-electron chi connectivity index (χ0n) is 16.3. The summed E-state index contributed by atoms with van der Waals surface area (Å²) in [5.41, 5.74) is 5.23. The van der Waals surface area contributed by atoms with E-state index in [0.717, 1.165) is 27.9 Å². The summed E-state index contributed by atoms with van der Waals surface area (Å²) in [6.45, 7) is 11.5. The third kappa shape index (κ3) is 4.51. The normalized spacial score (nSPS) is 12.0. The van der Waals surface area contributed by atoms with E-state index in [1.54, 1.807) is 13.0 Å². The molecule has 0 saturated carbocycles. The molecule has 2 aromatic carbocycles. The summed E-state index contributed by atoms with van der Waals surface area (Å²) in [6, 6.07) is 11.4. The summed E-state index contributed by atoms with van der Waals surface area (Å²) in [5.74, 6) is -0.545. The molecule has 0 radical (unpaired) electrons. The maximum atomic E-state index is 12.6. The van der Waals surface area contributed by atoms with Crippen LogP contribution in [0.15, 0.2) is 36.4 Å². The van der Waals surface area contributed by atoms with Gasteiger partial charge in [0.2, 0.25) is 0 Å². The van der Waals surface area contributed by atoms with Crippen molar-refractivity contribution in [3.63, 3.8) is 0 Å². The molecule has 1 atom stereocenters. The van der Waals surface area contributed by atoms with Crippen LogP contribution in [0.2, 0.25) is 0 Å². The van der Waals surface area contributed by atoms with Gasteiger partial charge >= 0.3 is 5.97 Å². The first-order chi connectivity index (χ1) is 12.2. The summed E-state index contributed by atoms with van der Waals surface area (Å²) in [4.78, 5) is 24.9. The molecule has 2 aromatic rings. The van der Waals surface area contributed by atoms with Crippen molar-refractivity contribution in [1.29, 1.82) is 0 Å². The fourth-order valence-corrected chi connectivity index (χ4v) is 2.89. The second-order valence-corrected chi connectivity index (χ2v) is 7.05. The van der Waals surface area contributed by atoms with Crippen molar-refractivity contribution in [2.75, 3.05) is 5.32 Å². The zero-order valence-corrected chi connectivity index (χ0v) is 16.3. The van der Waals surface area contributed by atoms with Gasteiger partial charge < -0.3 is 10.1 Å². The Labute approximate surface area is 155 Å². The molecular formula is C22H27NO3. The van der Waals surface area contributed by atoms with Gasteiger partial charge in [0.25, 0.3) is 5.91 Å². The SMILES string of the molecule is Cc1ccc(C(=O)O[C@@H](C)C(=O)Nc2c(C)cccc2C(C)C)c(C)c1. The van der Waals surface area contributed by atoms with Gasteiger partial charge in [-0.1, -0.05) is 49.7 Å². The standard InChI is InChI=1S/C22H27NO3/c1-13(2)18-9-7-8-15(4)20(18)23-21(24)17(6)26-22(25)19-11-10-14(3)12-16(19)5/h7-13,17H,1-6H3,(H,23,24)/t17-/m0/s1. The predicted octanol–water partition coefficient (Wildman–Crippen LogP) is 4.92. The van der Waals surface area contributed by atoms with E-state index in [1.165, 1.54) is 0 Å². The number of benzene rings is 2. The zero-order chi connectivity index (χ0) is 19.4. The van der Waals surface area contributed by atoms with Gasteiger partial charge in [0.05, 0.1) is 5.56 Å². The Bertz CT molecular complexity index is 824. The molecule has 0 bridgehead atoms. The van der Waals surface area contributed by atoms with Crippen molar-refractivity contribution in [1.82, 2.24) is 0 Å². The van der Waals surface area contributed by atoms with Crippen LogP contribution < -0.4 is 5.32 Å².